The zero-order valence-corrected chi connectivity index (χ0v) is 12.8. The minimum atomic E-state index is -1.57. The van der Waals surface area contributed by atoms with Crippen molar-refractivity contribution in [1.82, 2.24) is 10.2 Å². The Kier molecular flexibility index (Phi) is 8.60. The molecule has 0 saturated carbocycles. The maximum absolute atomic E-state index is 12.2. The largest absolute Gasteiger partial charge is 0.394 e. The molecular formula is C11H23ClN4O6. The van der Waals surface area contributed by atoms with Gasteiger partial charge in [-0.25, -0.2) is 0 Å². The van der Waals surface area contributed by atoms with E-state index in [0.29, 0.717) is 0 Å². The number of nitrogens with two attached hydrogens (primary N) is 1. The van der Waals surface area contributed by atoms with Crippen LogP contribution in [0.4, 0.5) is 0 Å². The maximum atomic E-state index is 12.2. The highest BCUT2D eigenvalue weighted by atomic mass is 35.5. The van der Waals surface area contributed by atoms with Crippen LogP contribution in [0.1, 0.15) is 0 Å². The normalized spacial score (nSPS) is 32.4. The molecule has 11 heteroatoms. The smallest absolute Gasteiger partial charge is 0.242 e. The van der Waals surface area contributed by atoms with Gasteiger partial charge in [0.1, 0.15) is 18.3 Å². The number of piperidine rings is 1. The van der Waals surface area contributed by atoms with Gasteiger partial charge in [0, 0.05) is 7.05 Å². The molecule has 0 radical (unpaired) electrons. The van der Waals surface area contributed by atoms with Gasteiger partial charge in [-0.05, 0) is 0 Å². The van der Waals surface area contributed by atoms with E-state index >= 15 is 0 Å². The molecule has 0 aromatic carbocycles. The highest BCUT2D eigenvalue weighted by molar-refractivity contribution is 5.86. The summed E-state index contributed by atoms with van der Waals surface area (Å²) in [5.41, 5.74) is 5.39. The third-order valence-electron chi connectivity index (χ3n) is 3.53. The monoisotopic (exact) mass is 342 g/mol. The van der Waals surface area contributed by atoms with Gasteiger partial charge in [-0.3, -0.25) is 9.79 Å². The van der Waals surface area contributed by atoms with Gasteiger partial charge < -0.3 is 41.5 Å². The van der Waals surface area contributed by atoms with Gasteiger partial charge in [-0.2, -0.15) is 0 Å². The number of guanidine groups is 1. The number of aliphatic hydroxyl groups is 5. The number of carbonyl (C=O) groups is 1. The standard InChI is InChI=1S/C11H22N4O6.ClH/c1-13-11(12)14-2-7(18)15-5(3-16)8(19)10(21)9(20)6(15)4-17;/h5-6,8-10,16-17,19-21H,2-4H2,1H3,(H3,12,13,14);1H/t5-,6-,8-,9+,10?;/m1./s1. The lowest BCUT2D eigenvalue weighted by Crippen LogP contribution is -2.70. The van der Waals surface area contributed by atoms with Gasteiger partial charge in [-0.1, -0.05) is 0 Å². The van der Waals surface area contributed by atoms with Crippen molar-refractivity contribution in [2.45, 2.75) is 30.4 Å². The van der Waals surface area contributed by atoms with Crippen molar-refractivity contribution < 1.29 is 30.3 Å². The van der Waals surface area contributed by atoms with Crippen LogP contribution < -0.4 is 11.1 Å². The van der Waals surface area contributed by atoms with Crippen molar-refractivity contribution in [1.29, 1.82) is 0 Å². The summed E-state index contributed by atoms with van der Waals surface area (Å²) in [6.45, 7) is -1.57. The quantitative estimate of drug-likeness (QED) is 0.198. The van der Waals surface area contributed by atoms with Crippen LogP contribution in [-0.2, 0) is 4.79 Å². The molecule has 0 aromatic rings. The molecule has 0 aliphatic carbocycles. The number of aliphatic imine (C=N–C) groups is 1. The van der Waals surface area contributed by atoms with Gasteiger partial charge in [0.15, 0.2) is 5.96 Å². The van der Waals surface area contributed by atoms with E-state index in [1.165, 1.54) is 7.05 Å². The molecule has 10 nitrogen and oxygen atoms in total. The number of rotatable bonds is 4. The fraction of sp³-hybridized carbons (Fsp3) is 0.818. The van der Waals surface area contributed by atoms with Gasteiger partial charge in [0.05, 0.1) is 31.8 Å². The second-order valence-corrected chi connectivity index (χ2v) is 4.74. The Morgan fingerprint density at radius 2 is 1.59 bits per heavy atom. The third-order valence-corrected chi connectivity index (χ3v) is 3.53. The molecule has 0 aromatic heterocycles. The van der Waals surface area contributed by atoms with Crippen LogP contribution >= 0.6 is 12.4 Å². The molecule has 5 atom stereocenters. The number of aliphatic hydroxyl groups excluding tert-OH is 5. The molecule has 1 heterocycles. The third kappa shape index (κ3) is 4.18. The van der Waals surface area contributed by atoms with E-state index in [0.717, 1.165) is 4.90 Å². The van der Waals surface area contributed by atoms with Crippen LogP contribution in [0, 0.1) is 0 Å². The van der Waals surface area contributed by atoms with Crippen molar-refractivity contribution in [3.63, 3.8) is 0 Å². The van der Waals surface area contributed by atoms with Crippen molar-refractivity contribution in [2.75, 3.05) is 26.8 Å². The molecule has 0 spiro atoms. The first-order valence-electron chi connectivity index (χ1n) is 6.42. The predicted molar refractivity (Wildman–Crippen MR) is 79.4 cm³/mol. The molecule has 1 saturated heterocycles. The molecule has 1 aliphatic heterocycles. The summed E-state index contributed by atoms with van der Waals surface area (Å²) < 4.78 is 0. The van der Waals surface area contributed by atoms with E-state index in [1.807, 2.05) is 0 Å². The Morgan fingerprint density at radius 1 is 1.14 bits per heavy atom. The first-order valence-corrected chi connectivity index (χ1v) is 6.42. The molecule has 8 N–H and O–H groups in total. The van der Waals surface area contributed by atoms with Crippen LogP contribution in [0.25, 0.3) is 0 Å². The highest BCUT2D eigenvalue weighted by Crippen LogP contribution is 2.24. The van der Waals surface area contributed by atoms with Crippen molar-refractivity contribution >= 4 is 24.3 Å². The number of halogens is 1. The Labute approximate surface area is 133 Å². The minimum Gasteiger partial charge on any atom is -0.394 e. The Morgan fingerprint density at radius 3 is 1.95 bits per heavy atom. The average molecular weight is 343 g/mol. The number of hydrogen-bond acceptors (Lipinski definition) is 7. The number of amides is 1. The Hall–Kier alpha value is -1.17. The van der Waals surface area contributed by atoms with Crippen LogP contribution in [0.2, 0.25) is 0 Å². The molecule has 1 amide bonds. The summed E-state index contributed by atoms with van der Waals surface area (Å²) in [5.74, 6) is -0.604. The van der Waals surface area contributed by atoms with Crippen LogP contribution in [0.3, 0.4) is 0 Å². The number of nitrogens with zero attached hydrogens (tertiary/aromatic N) is 2. The fourth-order valence-corrected chi connectivity index (χ4v) is 2.33. The van der Waals surface area contributed by atoms with E-state index in [4.69, 9.17) is 5.73 Å². The summed E-state index contributed by atoms with van der Waals surface area (Å²) >= 11 is 0. The van der Waals surface area contributed by atoms with Crippen LogP contribution in [0.5, 0.6) is 0 Å². The van der Waals surface area contributed by atoms with Crippen LogP contribution in [-0.4, -0.2) is 99.5 Å². The number of nitrogens with one attached hydrogen (secondary N) is 1. The highest BCUT2D eigenvalue weighted by Gasteiger charge is 2.48. The van der Waals surface area contributed by atoms with Gasteiger partial charge >= 0.3 is 0 Å². The Balaban J connectivity index is 0.00000441. The van der Waals surface area contributed by atoms with Gasteiger partial charge in [-0.15, -0.1) is 12.4 Å². The summed E-state index contributed by atoms with van der Waals surface area (Å²) in [5, 5.41) is 50.5. The first kappa shape index (κ1) is 20.8. The maximum Gasteiger partial charge on any atom is 0.242 e. The van der Waals surface area contributed by atoms with E-state index in [2.05, 4.69) is 10.3 Å². The first-order chi connectivity index (χ1) is 9.88. The van der Waals surface area contributed by atoms with E-state index < -0.39 is 49.5 Å². The molecule has 0 bridgehead atoms. The fourth-order valence-electron chi connectivity index (χ4n) is 2.33. The van der Waals surface area contributed by atoms with Crippen LogP contribution in [0.15, 0.2) is 4.99 Å². The summed E-state index contributed by atoms with van der Waals surface area (Å²) in [4.78, 5) is 16.7. The summed E-state index contributed by atoms with van der Waals surface area (Å²) in [6.07, 6.45) is -4.64. The molecule has 1 rings (SSSR count). The SMILES string of the molecule is CN=C(N)NCC(=O)N1[C@H](CO)[C@H](O)C(O)[C@H](O)[C@H]1CO.Cl. The lowest BCUT2D eigenvalue weighted by Gasteiger charge is -2.48. The van der Waals surface area contributed by atoms with Crippen molar-refractivity contribution in [2.24, 2.45) is 10.7 Å². The van der Waals surface area contributed by atoms with Crippen molar-refractivity contribution in [3.8, 4) is 0 Å². The molecule has 22 heavy (non-hydrogen) atoms. The minimum absolute atomic E-state index is 0. The number of hydrogen-bond donors (Lipinski definition) is 7. The zero-order valence-electron chi connectivity index (χ0n) is 12.0. The van der Waals surface area contributed by atoms with E-state index in [9.17, 15) is 30.3 Å². The van der Waals surface area contributed by atoms with E-state index in [1.54, 1.807) is 0 Å². The second-order valence-electron chi connectivity index (χ2n) is 4.74. The molecule has 1 aliphatic rings. The molecule has 1 fully saturated rings. The average Bonchev–Trinajstić information content (AvgIpc) is 2.49. The van der Waals surface area contributed by atoms with E-state index in [-0.39, 0.29) is 24.9 Å². The lowest BCUT2D eigenvalue weighted by molar-refractivity contribution is -0.187. The summed E-state index contributed by atoms with van der Waals surface area (Å²) in [7, 11) is 1.42. The summed E-state index contributed by atoms with van der Waals surface area (Å²) in [6, 6.07) is -2.29. The number of carbonyl (C=O) groups excluding carboxylic acids is 1. The lowest BCUT2D eigenvalue weighted by atomic mass is 9.88. The second kappa shape index (κ2) is 9.08. The molecule has 1 unspecified atom stereocenters. The zero-order chi connectivity index (χ0) is 16.2. The van der Waals surface area contributed by atoms with Gasteiger partial charge in [0.2, 0.25) is 5.91 Å². The Bertz CT molecular complexity index is 381. The topological polar surface area (TPSA) is 172 Å². The van der Waals surface area contributed by atoms with Crippen molar-refractivity contribution in [3.05, 3.63) is 0 Å². The van der Waals surface area contributed by atoms with Gasteiger partial charge in [0.25, 0.3) is 0 Å². The molecular weight excluding hydrogens is 320 g/mol. The molecule has 130 valence electrons. The number of likely N-dealkylation sites (tertiary alicyclic amines) is 1. The predicted octanol–water partition coefficient (Wildman–Crippen LogP) is -4.41.